The predicted molar refractivity (Wildman–Crippen MR) is 53.7 cm³/mol. The molecule has 0 aromatic carbocycles. The van der Waals surface area contributed by atoms with Crippen molar-refractivity contribution >= 4 is 0 Å². The molecule has 0 spiro atoms. The van der Waals surface area contributed by atoms with Crippen molar-refractivity contribution in [2.24, 2.45) is 5.73 Å². The van der Waals surface area contributed by atoms with Gasteiger partial charge < -0.3 is 5.73 Å². The summed E-state index contributed by atoms with van der Waals surface area (Å²) in [6.07, 6.45) is 2.48. The number of aryl methyl sites for hydroxylation is 2. The van der Waals surface area contributed by atoms with E-state index in [-0.39, 0.29) is 0 Å². The Morgan fingerprint density at radius 1 is 1.31 bits per heavy atom. The van der Waals surface area contributed by atoms with Gasteiger partial charge in [-0.05, 0) is 44.4 Å². The van der Waals surface area contributed by atoms with E-state index in [4.69, 9.17) is 5.73 Å². The monoisotopic (exact) mass is 176 g/mol. The molecule has 2 N–H and O–H groups in total. The minimum Gasteiger partial charge on any atom is -0.330 e. The standard InChI is InChI=1S/C11H16N2/c1-8-5-10(6-9(2)13-8)11(7-12)3-4-11/h5-6H,3-4,7,12H2,1-2H3. The molecule has 1 aliphatic carbocycles. The molecule has 0 unspecified atom stereocenters. The van der Waals surface area contributed by atoms with Crippen molar-refractivity contribution in [3.63, 3.8) is 0 Å². The molecular formula is C11H16N2. The van der Waals surface area contributed by atoms with Gasteiger partial charge in [0.1, 0.15) is 0 Å². The van der Waals surface area contributed by atoms with Crippen molar-refractivity contribution in [3.8, 4) is 0 Å². The minimum atomic E-state index is 0.304. The zero-order chi connectivity index (χ0) is 9.47. The maximum atomic E-state index is 5.78. The SMILES string of the molecule is Cc1cc(C2(CN)CC2)cc(C)n1. The highest BCUT2D eigenvalue weighted by molar-refractivity contribution is 5.34. The van der Waals surface area contributed by atoms with E-state index in [9.17, 15) is 0 Å². The van der Waals surface area contributed by atoms with Crippen molar-refractivity contribution in [2.45, 2.75) is 32.1 Å². The maximum absolute atomic E-state index is 5.78. The third-order valence-corrected chi connectivity index (χ3v) is 2.94. The van der Waals surface area contributed by atoms with E-state index in [1.165, 1.54) is 18.4 Å². The van der Waals surface area contributed by atoms with Crippen LogP contribution in [0.5, 0.6) is 0 Å². The number of rotatable bonds is 2. The van der Waals surface area contributed by atoms with Crippen LogP contribution in [0.25, 0.3) is 0 Å². The molecule has 1 aromatic rings. The smallest absolute Gasteiger partial charge is 0.0378 e. The lowest BCUT2D eigenvalue weighted by atomic mass is 9.96. The predicted octanol–water partition coefficient (Wildman–Crippen LogP) is 1.69. The van der Waals surface area contributed by atoms with Crippen LogP contribution in [0.3, 0.4) is 0 Å². The molecule has 1 aromatic heterocycles. The first kappa shape index (κ1) is 8.70. The van der Waals surface area contributed by atoms with Gasteiger partial charge in [0.2, 0.25) is 0 Å². The molecule has 0 atom stereocenters. The molecule has 0 bridgehead atoms. The van der Waals surface area contributed by atoms with Crippen LogP contribution in [0, 0.1) is 13.8 Å². The fourth-order valence-corrected chi connectivity index (χ4v) is 1.90. The summed E-state index contributed by atoms with van der Waals surface area (Å²) < 4.78 is 0. The van der Waals surface area contributed by atoms with Gasteiger partial charge in [-0.1, -0.05) is 0 Å². The second-order valence-electron chi connectivity index (χ2n) is 4.12. The Labute approximate surface area is 79.2 Å². The second-order valence-corrected chi connectivity index (χ2v) is 4.12. The molecule has 70 valence electrons. The van der Waals surface area contributed by atoms with Crippen LogP contribution in [0.1, 0.15) is 29.8 Å². The van der Waals surface area contributed by atoms with Gasteiger partial charge in [0.05, 0.1) is 0 Å². The summed E-state index contributed by atoms with van der Waals surface area (Å²) in [5, 5.41) is 0. The average Bonchev–Trinajstić information content (AvgIpc) is 2.82. The first-order valence-corrected chi connectivity index (χ1v) is 4.82. The summed E-state index contributed by atoms with van der Waals surface area (Å²) in [5.74, 6) is 0. The van der Waals surface area contributed by atoms with Crippen LogP contribution in [0.15, 0.2) is 12.1 Å². The fourth-order valence-electron chi connectivity index (χ4n) is 1.90. The zero-order valence-electron chi connectivity index (χ0n) is 8.30. The molecule has 0 amide bonds. The second kappa shape index (κ2) is 2.81. The number of hydrogen-bond donors (Lipinski definition) is 1. The lowest BCUT2D eigenvalue weighted by Gasteiger charge is -2.13. The summed E-state index contributed by atoms with van der Waals surface area (Å²) in [6, 6.07) is 4.35. The molecular weight excluding hydrogens is 160 g/mol. The lowest BCUT2D eigenvalue weighted by Crippen LogP contribution is -2.20. The highest BCUT2D eigenvalue weighted by Crippen LogP contribution is 2.47. The highest BCUT2D eigenvalue weighted by Gasteiger charge is 2.42. The lowest BCUT2D eigenvalue weighted by molar-refractivity contribution is 0.700. The van der Waals surface area contributed by atoms with Gasteiger partial charge in [0.25, 0.3) is 0 Å². The van der Waals surface area contributed by atoms with Gasteiger partial charge >= 0.3 is 0 Å². The normalized spacial score (nSPS) is 18.7. The van der Waals surface area contributed by atoms with Crippen LogP contribution in [0.4, 0.5) is 0 Å². The average molecular weight is 176 g/mol. The molecule has 2 rings (SSSR count). The summed E-state index contributed by atoms with van der Waals surface area (Å²) >= 11 is 0. The van der Waals surface area contributed by atoms with Gasteiger partial charge in [-0.15, -0.1) is 0 Å². The van der Waals surface area contributed by atoms with Crippen molar-refractivity contribution < 1.29 is 0 Å². The molecule has 2 nitrogen and oxygen atoms in total. The first-order valence-electron chi connectivity index (χ1n) is 4.82. The summed E-state index contributed by atoms with van der Waals surface area (Å²) in [4.78, 5) is 4.37. The molecule has 1 saturated carbocycles. The number of aromatic nitrogens is 1. The Kier molecular flexibility index (Phi) is 1.88. The van der Waals surface area contributed by atoms with E-state index in [2.05, 4.69) is 17.1 Å². The molecule has 0 radical (unpaired) electrons. The van der Waals surface area contributed by atoms with E-state index in [0.29, 0.717) is 5.41 Å². The Morgan fingerprint density at radius 3 is 2.23 bits per heavy atom. The number of nitrogens with two attached hydrogens (primary N) is 1. The molecule has 1 aliphatic rings. The topological polar surface area (TPSA) is 38.9 Å². The largest absolute Gasteiger partial charge is 0.330 e. The van der Waals surface area contributed by atoms with Gasteiger partial charge in [-0.2, -0.15) is 0 Å². The number of pyridine rings is 1. The maximum Gasteiger partial charge on any atom is 0.0378 e. The van der Waals surface area contributed by atoms with Crippen molar-refractivity contribution in [2.75, 3.05) is 6.54 Å². The highest BCUT2D eigenvalue weighted by atomic mass is 14.7. The van der Waals surface area contributed by atoms with E-state index in [1.807, 2.05) is 13.8 Å². The molecule has 2 heteroatoms. The van der Waals surface area contributed by atoms with Crippen LogP contribution in [0.2, 0.25) is 0 Å². The zero-order valence-corrected chi connectivity index (χ0v) is 8.30. The summed E-state index contributed by atoms with van der Waals surface area (Å²) in [5.41, 5.74) is 9.69. The number of nitrogens with zero attached hydrogens (tertiary/aromatic N) is 1. The van der Waals surface area contributed by atoms with Crippen LogP contribution in [-0.4, -0.2) is 11.5 Å². The third-order valence-electron chi connectivity index (χ3n) is 2.94. The van der Waals surface area contributed by atoms with Crippen LogP contribution >= 0.6 is 0 Å². The van der Waals surface area contributed by atoms with Crippen LogP contribution < -0.4 is 5.73 Å². The van der Waals surface area contributed by atoms with Gasteiger partial charge in [0, 0.05) is 23.3 Å². The van der Waals surface area contributed by atoms with Gasteiger partial charge in [0.15, 0.2) is 0 Å². The van der Waals surface area contributed by atoms with Crippen molar-refractivity contribution in [1.29, 1.82) is 0 Å². The Balaban J connectivity index is 2.40. The summed E-state index contributed by atoms with van der Waals surface area (Å²) in [6.45, 7) is 4.86. The summed E-state index contributed by atoms with van der Waals surface area (Å²) in [7, 11) is 0. The van der Waals surface area contributed by atoms with Crippen molar-refractivity contribution in [1.82, 2.24) is 4.98 Å². The molecule has 13 heavy (non-hydrogen) atoms. The van der Waals surface area contributed by atoms with Gasteiger partial charge in [-0.3, -0.25) is 4.98 Å². The van der Waals surface area contributed by atoms with Crippen molar-refractivity contribution in [3.05, 3.63) is 29.1 Å². The number of hydrogen-bond acceptors (Lipinski definition) is 2. The minimum absolute atomic E-state index is 0.304. The Bertz CT molecular complexity index is 307. The first-order chi connectivity index (χ1) is 6.16. The Hall–Kier alpha value is -0.890. The third kappa shape index (κ3) is 1.46. The van der Waals surface area contributed by atoms with Crippen LogP contribution in [-0.2, 0) is 5.41 Å². The van der Waals surface area contributed by atoms with E-state index < -0.39 is 0 Å². The van der Waals surface area contributed by atoms with E-state index >= 15 is 0 Å². The molecule has 0 aliphatic heterocycles. The van der Waals surface area contributed by atoms with E-state index in [1.54, 1.807) is 0 Å². The fraction of sp³-hybridized carbons (Fsp3) is 0.545. The quantitative estimate of drug-likeness (QED) is 0.744. The Morgan fingerprint density at radius 2 is 1.85 bits per heavy atom. The van der Waals surface area contributed by atoms with Gasteiger partial charge in [-0.25, -0.2) is 0 Å². The molecule has 1 fully saturated rings. The molecule has 1 heterocycles. The van der Waals surface area contributed by atoms with E-state index in [0.717, 1.165) is 17.9 Å². The molecule has 0 saturated heterocycles.